The van der Waals surface area contributed by atoms with Crippen LogP contribution in [0, 0.1) is 5.92 Å². The summed E-state index contributed by atoms with van der Waals surface area (Å²) in [5.74, 6) is -3.12. The maximum atomic E-state index is 12.2. The molecule has 46 heavy (non-hydrogen) atoms. The van der Waals surface area contributed by atoms with Gasteiger partial charge in [-0.05, 0) is 13.8 Å². The molecule has 10 N–H and O–H groups in total. The van der Waals surface area contributed by atoms with E-state index < -0.39 is 116 Å². The van der Waals surface area contributed by atoms with Crippen LogP contribution in [0.3, 0.4) is 0 Å². The van der Waals surface area contributed by atoms with Crippen LogP contribution >= 0.6 is 0 Å². The molecule has 3 heterocycles. The first-order valence-electron chi connectivity index (χ1n) is 13.9. The summed E-state index contributed by atoms with van der Waals surface area (Å²) < 4.78 is 29.2. The number of halogens is 1. The lowest BCUT2D eigenvalue weighted by atomic mass is 9.81. The van der Waals surface area contributed by atoms with E-state index in [0.717, 1.165) is 6.92 Å². The molecular formula is C26H47FN4O15. The number of aliphatic hydroxyl groups is 5. The molecule has 0 aliphatic carbocycles. The van der Waals surface area contributed by atoms with Crippen LogP contribution in [0.1, 0.15) is 42.0 Å². The number of hydrogen-bond donors (Lipinski definition) is 9. The molecule has 0 spiro atoms. The van der Waals surface area contributed by atoms with E-state index in [1.54, 1.807) is 0 Å². The quantitative estimate of drug-likeness (QED) is 0.0736. The first-order chi connectivity index (χ1) is 20.5. The Morgan fingerprint density at radius 2 is 1.52 bits per heavy atom. The molecule has 0 aromatic rings. The summed E-state index contributed by atoms with van der Waals surface area (Å²) >= 11 is 0. The largest absolute Gasteiger partial charge is 0.394 e. The van der Waals surface area contributed by atoms with Crippen LogP contribution in [0.25, 0.3) is 0 Å². The second kappa shape index (κ2) is 17.0. The monoisotopic (exact) mass is 674 g/mol. The number of nitrogens with one attached hydrogen (secondary N) is 3. The number of aliphatic hydroxyl groups excluding tert-OH is 4. The Morgan fingerprint density at radius 1 is 0.935 bits per heavy atom. The summed E-state index contributed by atoms with van der Waals surface area (Å²) in [6.45, 7) is 5.71. The van der Waals surface area contributed by atoms with Crippen LogP contribution in [0.2, 0.25) is 0 Å². The lowest BCUT2D eigenvalue weighted by Crippen LogP contribution is -2.73. The maximum absolute atomic E-state index is 12.2. The SMILES string of the molecule is C.CC(=O)NC1OC(OC2C(CO)OC(OC3C(C)OC(C(N)=O)C(C)(O)C3NOC=O)C(NC(C)=O)C2O)C(C)C(O)C1O.F. The first kappa shape index (κ1) is 41.4. The van der Waals surface area contributed by atoms with Crippen LogP contribution in [-0.2, 0) is 47.7 Å². The van der Waals surface area contributed by atoms with Crippen LogP contribution in [0.4, 0.5) is 4.70 Å². The van der Waals surface area contributed by atoms with Gasteiger partial charge in [-0.3, -0.25) is 23.9 Å². The van der Waals surface area contributed by atoms with Crippen molar-refractivity contribution in [3.63, 3.8) is 0 Å². The molecule has 0 bridgehead atoms. The number of carbonyl (C=O) groups excluding carboxylic acids is 4. The van der Waals surface area contributed by atoms with Crippen molar-refractivity contribution in [3.8, 4) is 0 Å². The van der Waals surface area contributed by atoms with Gasteiger partial charge in [-0.25, -0.2) is 0 Å². The highest BCUT2D eigenvalue weighted by Crippen LogP contribution is 2.36. The third-order valence-electron chi connectivity index (χ3n) is 7.86. The average molecular weight is 675 g/mol. The van der Waals surface area contributed by atoms with E-state index in [1.165, 1.54) is 27.7 Å². The van der Waals surface area contributed by atoms with Gasteiger partial charge in [0.1, 0.15) is 48.2 Å². The molecule has 0 aromatic heterocycles. The van der Waals surface area contributed by atoms with Gasteiger partial charge in [0.25, 0.3) is 0 Å². The number of hydrogen-bond acceptors (Lipinski definition) is 16. The van der Waals surface area contributed by atoms with E-state index in [2.05, 4.69) is 21.0 Å². The van der Waals surface area contributed by atoms with Crippen LogP contribution in [-0.4, -0.2) is 142 Å². The summed E-state index contributed by atoms with van der Waals surface area (Å²) in [6, 6.07) is -2.77. The number of nitrogens with two attached hydrogens (primary N) is 1. The molecule has 3 amide bonds. The lowest BCUT2D eigenvalue weighted by molar-refractivity contribution is -0.351. The zero-order valence-corrected chi connectivity index (χ0v) is 25.2. The van der Waals surface area contributed by atoms with Gasteiger partial charge in [0.2, 0.25) is 17.7 Å². The summed E-state index contributed by atoms with van der Waals surface area (Å²) in [7, 11) is 0. The highest BCUT2D eigenvalue weighted by atomic mass is 19.0. The zero-order chi connectivity index (χ0) is 33.1. The molecule has 3 aliphatic rings. The molecule has 0 aromatic carbocycles. The molecule has 3 fully saturated rings. The van der Waals surface area contributed by atoms with Gasteiger partial charge in [0.15, 0.2) is 24.9 Å². The molecule has 0 saturated carbocycles. The Balaban J connectivity index is 0.00000529. The number of carbonyl (C=O) groups is 4. The minimum absolute atomic E-state index is 0. The Morgan fingerprint density at radius 3 is 2.04 bits per heavy atom. The Bertz CT molecular complexity index is 1040. The van der Waals surface area contributed by atoms with E-state index >= 15 is 0 Å². The molecule has 20 heteroatoms. The maximum Gasteiger partial charge on any atom is 0.312 e. The summed E-state index contributed by atoms with van der Waals surface area (Å²) in [5, 5.41) is 58.5. The van der Waals surface area contributed by atoms with Crippen LogP contribution in [0.5, 0.6) is 0 Å². The van der Waals surface area contributed by atoms with Crippen LogP contribution in [0.15, 0.2) is 0 Å². The molecule has 3 rings (SSSR count). The minimum atomic E-state index is -2.12. The van der Waals surface area contributed by atoms with Gasteiger partial charge in [-0.15, -0.1) is 5.48 Å². The van der Waals surface area contributed by atoms with Crippen molar-refractivity contribution < 1.29 is 77.9 Å². The Hall–Kier alpha value is -2.63. The van der Waals surface area contributed by atoms with Crippen molar-refractivity contribution in [1.29, 1.82) is 0 Å². The fraction of sp³-hybridized carbons (Fsp3) is 0.846. The molecular weight excluding hydrogens is 627 g/mol. The van der Waals surface area contributed by atoms with E-state index in [4.69, 9.17) is 29.4 Å². The van der Waals surface area contributed by atoms with Crippen molar-refractivity contribution in [2.24, 2.45) is 11.7 Å². The normalized spacial score (nSPS) is 42.4. The van der Waals surface area contributed by atoms with Crippen molar-refractivity contribution in [2.75, 3.05) is 6.61 Å². The van der Waals surface area contributed by atoms with Gasteiger partial charge in [-0.1, -0.05) is 14.4 Å². The molecule has 3 saturated heterocycles. The van der Waals surface area contributed by atoms with Gasteiger partial charge in [0.05, 0.1) is 18.8 Å². The number of amides is 3. The number of hydroxylamine groups is 1. The van der Waals surface area contributed by atoms with Crippen molar-refractivity contribution in [2.45, 2.75) is 127 Å². The fourth-order valence-corrected chi connectivity index (χ4v) is 5.55. The minimum Gasteiger partial charge on any atom is -0.394 e. The summed E-state index contributed by atoms with van der Waals surface area (Å²) in [4.78, 5) is 51.4. The highest BCUT2D eigenvalue weighted by molar-refractivity contribution is 5.80. The second-order valence-electron chi connectivity index (χ2n) is 11.3. The van der Waals surface area contributed by atoms with E-state index in [-0.39, 0.29) is 18.6 Å². The first-order valence-corrected chi connectivity index (χ1v) is 13.9. The smallest absolute Gasteiger partial charge is 0.312 e. The summed E-state index contributed by atoms with van der Waals surface area (Å²) in [5.41, 5.74) is 5.58. The molecule has 268 valence electrons. The average Bonchev–Trinajstić information content (AvgIpc) is 2.93. The fourth-order valence-electron chi connectivity index (χ4n) is 5.55. The van der Waals surface area contributed by atoms with E-state index in [0.29, 0.717) is 0 Å². The Kier molecular flexibility index (Phi) is 15.3. The number of primary amides is 1. The topological polar surface area (TPSA) is 287 Å². The molecule has 3 aliphatic heterocycles. The zero-order valence-electron chi connectivity index (χ0n) is 25.2. The second-order valence-corrected chi connectivity index (χ2v) is 11.3. The molecule has 15 unspecified atom stereocenters. The lowest BCUT2D eigenvalue weighted by Gasteiger charge is -2.51. The number of ether oxygens (including phenoxy) is 5. The molecule has 19 nitrogen and oxygen atoms in total. The highest BCUT2D eigenvalue weighted by Gasteiger charge is 2.58. The summed E-state index contributed by atoms with van der Waals surface area (Å²) in [6.07, 6.45) is -15.6. The molecule has 0 radical (unpaired) electrons. The van der Waals surface area contributed by atoms with Gasteiger partial charge in [0, 0.05) is 19.8 Å². The molecule has 15 atom stereocenters. The standard InChI is InChI=1S/C25H42N4O15.CH4.FH/c1-8-14(34)16(36)22(28-11(4)33)44-23(8)43-18-12(6-30)41-24(13(15(18)35)27-10(3)32)42-17-9(2)40-20(21(26)37)25(5,38)19(17)29-39-7-31;;/h7-9,12-20,22-24,29-30,34-36,38H,6H2,1-5H3,(H2,26,37)(H,27,32)(H,28,33);1H4;1H. The predicted octanol–water partition coefficient (Wildman–Crippen LogP) is -4.63. The Labute approximate surface area is 264 Å². The van der Waals surface area contributed by atoms with Gasteiger partial charge < -0.3 is 70.4 Å². The van der Waals surface area contributed by atoms with Crippen molar-refractivity contribution in [3.05, 3.63) is 0 Å². The van der Waals surface area contributed by atoms with Gasteiger partial charge in [-0.2, -0.15) is 0 Å². The van der Waals surface area contributed by atoms with E-state index in [1.807, 2.05) is 0 Å². The third kappa shape index (κ3) is 8.83. The van der Waals surface area contributed by atoms with E-state index in [9.17, 15) is 44.7 Å². The van der Waals surface area contributed by atoms with Crippen molar-refractivity contribution >= 4 is 24.2 Å². The predicted molar refractivity (Wildman–Crippen MR) is 150 cm³/mol. The third-order valence-corrected chi connectivity index (χ3v) is 7.86. The van der Waals surface area contributed by atoms with Crippen LogP contribution < -0.4 is 21.8 Å². The number of rotatable bonds is 11. The van der Waals surface area contributed by atoms with Gasteiger partial charge >= 0.3 is 6.47 Å². The van der Waals surface area contributed by atoms with Crippen molar-refractivity contribution in [1.82, 2.24) is 16.1 Å².